The quantitative estimate of drug-likeness (QED) is 0.159. The maximum atomic E-state index is 11.0. The third kappa shape index (κ3) is 17.5. The highest BCUT2D eigenvalue weighted by Gasteiger charge is 2.01. The Bertz CT molecular complexity index is 356. The van der Waals surface area contributed by atoms with Crippen molar-refractivity contribution in [3.63, 3.8) is 0 Å². The third-order valence-corrected chi connectivity index (χ3v) is 4.81. The molecule has 0 N–H and O–H groups in total. The van der Waals surface area contributed by atoms with Crippen molar-refractivity contribution in [1.29, 1.82) is 0 Å². The summed E-state index contributed by atoms with van der Waals surface area (Å²) < 4.78 is 4.63. The molecule has 0 saturated heterocycles. The van der Waals surface area contributed by atoms with Crippen LogP contribution in [0.3, 0.4) is 0 Å². The van der Waals surface area contributed by atoms with E-state index in [0.29, 0.717) is 6.42 Å². The number of methoxy groups -OCH3 is 1. The Morgan fingerprint density at radius 1 is 0.680 bits per heavy atom. The van der Waals surface area contributed by atoms with Gasteiger partial charge >= 0.3 is 5.97 Å². The summed E-state index contributed by atoms with van der Waals surface area (Å²) >= 11 is 0. The first-order chi connectivity index (χ1) is 12.2. The molecule has 0 bridgehead atoms. The second kappa shape index (κ2) is 19.2. The van der Waals surface area contributed by atoms with Gasteiger partial charge in [-0.15, -0.1) is 0 Å². The largest absolute Gasteiger partial charge is 0.469 e. The van der Waals surface area contributed by atoms with Crippen molar-refractivity contribution in [2.24, 2.45) is 0 Å². The monoisotopic (exact) mass is 352 g/mol. The van der Waals surface area contributed by atoms with E-state index in [9.17, 15) is 9.59 Å². The molecule has 0 amide bonds. The van der Waals surface area contributed by atoms with Gasteiger partial charge in [-0.1, -0.05) is 77.6 Å². The Hall–Kier alpha value is -1.08. The van der Waals surface area contributed by atoms with Crippen LogP contribution in [-0.2, 0) is 14.3 Å². The lowest BCUT2D eigenvalue weighted by Crippen LogP contribution is -1.99. The van der Waals surface area contributed by atoms with Crippen molar-refractivity contribution in [2.75, 3.05) is 7.11 Å². The SMILES string of the molecule is CCCCCCC(=C=O)CCCCCCCCCCCCC(=O)OC. The van der Waals surface area contributed by atoms with Gasteiger partial charge in [0.1, 0.15) is 5.94 Å². The molecule has 146 valence electrons. The van der Waals surface area contributed by atoms with Gasteiger partial charge in [0.2, 0.25) is 0 Å². The van der Waals surface area contributed by atoms with Gasteiger partial charge in [-0.25, -0.2) is 4.79 Å². The van der Waals surface area contributed by atoms with E-state index in [2.05, 4.69) is 17.6 Å². The minimum absolute atomic E-state index is 0.0893. The summed E-state index contributed by atoms with van der Waals surface area (Å²) in [5.74, 6) is 2.07. The van der Waals surface area contributed by atoms with Gasteiger partial charge in [0.25, 0.3) is 0 Å². The van der Waals surface area contributed by atoms with Gasteiger partial charge < -0.3 is 4.74 Å². The molecule has 3 heteroatoms. The molecule has 3 nitrogen and oxygen atoms in total. The standard InChI is InChI=1S/C22H40O3/c1-3-4-5-14-17-21(20-23)18-15-12-10-8-6-7-9-11-13-16-19-22(24)25-2/h3-19H2,1-2H3. The fraction of sp³-hybridized carbons (Fsp3) is 0.864. The van der Waals surface area contributed by atoms with E-state index in [0.717, 1.165) is 44.1 Å². The van der Waals surface area contributed by atoms with Crippen molar-refractivity contribution in [2.45, 2.75) is 116 Å². The van der Waals surface area contributed by atoms with E-state index in [1.807, 2.05) is 0 Å². The predicted octanol–water partition coefficient (Wildman–Crippen LogP) is 6.57. The zero-order valence-electron chi connectivity index (χ0n) is 16.7. The average molecular weight is 353 g/mol. The molecular weight excluding hydrogens is 312 g/mol. The molecule has 0 aromatic rings. The lowest BCUT2D eigenvalue weighted by Gasteiger charge is -2.04. The van der Waals surface area contributed by atoms with Crippen molar-refractivity contribution >= 4 is 11.9 Å². The molecule has 0 spiro atoms. The summed E-state index contributed by atoms with van der Waals surface area (Å²) in [6.07, 6.45) is 19.5. The van der Waals surface area contributed by atoms with E-state index in [1.54, 1.807) is 0 Å². The number of allylic oxidation sites excluding steroid dienone is 1. The summed E-state index contributed by atoms with van der Waals surface area (Å²) in [4.78, 5) is 21.9. The number of unbranched alkanes of at least 4 members (excludes halogenated alkanes) is 12. The van der Waals surface area contributed by atoms with Gasteiger partial charge in [0.15, 0.2) is 0 Å². The van der Waals surface area contributed by atoms with Crippen molar-refractivity contribution in [3.8, 4) is 0 Å². The van der Waals surface area contributed by atoms with Crippen LogP contribution in [0, 0.1) is 0 Å². The number of esters is 1. The minimum Gasteiger partial charge on any atom is -0.469 e. The van der Waals surface area contributed by atoms with E-state index in [4.69, 9.17) is 0 Å². The molecule has 0 aromatic carbocycles. The van der Waals surface area contributed by atoms with Gasteiger partial charge in [0, 0.05) is 12.0 Å². The molecule has 0 aliphatic heterocycles. The van der Waals surface area contributed by atoms with Crippen LogP contribution in [-0.4, -0.2) is 19.0 Å². The zero-order chi connectivity index (χ0) is 18.6. The summed E-state index contributed by atoms with van der Waals surface area (Å²) in [6, 6.07) is 0. The Balaban J connectivity index is 3.29. The normalized spacial score (nSPS) is 10.5. The Labute approximate surface area is 155 Å². The average Bonchev–Trinajstić information content (AvgIpc) is 2.63. The molecule has 0 aliphatic rings. The first-order valence-electron chi connectivity index (χ1n) is 10.5. The smallest absolute Gasteiger partial charge is 0.305 e. The molecule has 0 aliphatic carbocycles. The summed E-state index contributed by atoms with van der Waals surface area (Å²) in [5, 5.41) is 0. The topological polar surface area (TPSA) is 43.4 Å². The zero-order valence-corrected chi connectivity index (χ0v) is 16.7. The Morgan fingerprint density at radius 2 is 1.08 bits per heavy atom. The summed E-state index contributed by atoms with van der Waals surface area (Å²) in [6.45, 7) is 2.21. The van der Waals surface area contributed by atoms with Gasteiger partial charge in [0.05, 0.1) is 7.11 Å². The van der Waals surface area contributed by atoms with Crippen LogP contribution in [0.1, 0.15) is 116 Å². The maximum Gasteiger partial charge on any atom is 0.305 e. The van der Waals surface area contributed by atoms with Gasteiger partial charge in [-0.3, -0.25) is 4.79 Å². The fourth-order valence-electron chi connectivity index (χ4n) is 3.12. The molecule has 0 saturated carbocycles. The van der Waals surface area contributed by atoms with E-state index >= 15 is 0 Å². The molecule has 0 atom stereocenters. The van der Waals surface area contributed by atoms with Crippen LogP contribution in [0.4, 0.5) is 0 Å². The maximum absolute atomic E-state index is 11.0. The van der Waals surface area contributed by atoms with Crippen LogP contribution >= 0.6 is 0 Å². The van der Waals surface area contributed by atoms with Crippen molar-refractivity contribution in [1.82, 2.24) is 0 Å². The van der Waals surface area contributed by atoms with Crippen LogP contribution in [0.2, 0.25) is 0 Å². The molecule has 0 heterocycles. The molecule has 0 radical (unpaired) electrons. The second-order valence-electron chi connectivity index (χ2n) is 7.13. The molecule has 25 heavy (non-hydrogen) atoms. The van der Waals surface area contributed by atoms with Gasteiger partial charge in [-0.05, 0) is 32.1 Å². The highest BCUT2D eigenvalue weighted by Crippen LogP contribution is 2.16. The first-order valence-corrected chi connectivity index (χ1v) is 10.5. The number of rotatable bonds is 18. The number of ether oxygens (including phenoxy) is 1. The second-order valence-corrected chi connectivity index (χ2v) is 7.13. The Morgan fingerprint density at radius 3 is 1.48 bits per heavy atom. The first kappa shape index (κ1) is 23.9. The van der Waals surface area contributed by atoms with Crippen molar-refractivity contribution < 1.29 is 14.3 Å². The predicted molar refractivity (Wildman–Crippen MR) is 105 cm³/mol. The van der Waals surface area contributed by atoms with Crippen LogP contribution in [0.15, 0.2) is 5.57 Å². The van der Waals surface area contributed by atoms with Crippen molar-refractivity contribution in [3.05, 3.63) is 5.57 Å². The number of hydrogen-bond acceptors (Lipinski definition) is 3. The molecule has 0 unspecified atom stereocenters. The van der Waals surface area contributed by atoms with Gasteiger partial charge in [-0.2, -0.15) is 0 Å². The number of hydrogen-bond donors (Lipinski definition) is 0. The molecule has 0 fully saturated rings. The fourth-order valence-corrected chi connectivity index (χ4v) is 3.12. The van der Waals surface area contributed by atoms with E-state index in [-0.39, 0.29) is 5.97 Å². The summed E-state index contributed by atoms with van der Waals surface area (Å²) in [5.41, 5.74) is 1.00. The van der Waals surface area contributed by atoms with Crippen LogP contribution in [0.5, 0.6) is 0 Å². The Kier molecular flexibility index (Phi) is 18.4. The molecule has 0 aromatic heterocycles. The highest BCUT2D eigenvalue weighted by atomic mass is 16.5. The van der Waals surface area contributed by atoms with E-state index < -0.39 is 0 Å². The number of carbonyl (C=O) groups excluding carboxylic acids is 2. The molecule has 0 rings (SSSR count). The highest BCUT2D eigenvalue weighted by molar-refractivity contribution is 5.68. The lowest BCUT2D eigenvalue weighted by atomic mass is 10.0. The third-order valence-electron chi connectivity index (χ3n) is 4.81. The lowest BCUT2D eigenvalue weighted by molar-refractivity contribution is -0.140. The number of carbonyl (C=O) groups is 1. The van der Waals surface area contributed by atoms with Crippen LogP contribution < -0.4 is 0 Å². The van der Waals surface area contributed by atoms with Crippen LogP contribution in [0.25, 0.3) is 0 Å². The minimum atomic E-state index is -0.0893. The summed E-state index contributed by atoms with van der Waals surface area (Å²) in [7, 11) is 1.45. The van der Waals surface area contributed by atoms with E-state index in [1.165, 1.54) is 71.3 Å². The molecular formula is C22H40O3.